The molecule has 1 saturated heterocycles. The summed E-state index contributed by atoms with van der Waals surface area (Å²) in [5, 5.41) is 10.3. The van der Waals surface area contributed by atoms with Crippen LogP contribution in [0.1, 0.15) is 40.2 Å². The van der Waals surface area contributed by atoms with Crippen molar-refractivity contribution < 1.29 is 18.6 Å². The number of carbonyl (C=O) groups excluding carboxylic acids is 1. The molecule has 1 amide bonds. The zero-order valence-electron chi connectivity index (χ0n) is 16.5. The topological polar surface area (TPSA) is 132 Å². The van der Waals surface area contributed by atoms with Crippen LogP contribution in [0, 0.1) is 11.3 Å². The minimum atomic E-state index is -2.47. The molecule has 3 aromatic rings. The molecule has 2 heterocycles. The number of aromatic nitrogens is 1. The van der Waals surface area contributed by atoms with E-state index in [0.717, 1.165) is 22.1 Å². The number of primary amides is 1. The molecule has 5 N–H and O–H groups in total. The number of rotatable bonds is 4. The fourth-order valence-corrected chi connectivity index (χ4v) is 5.67. The van der Waals surface area contributed by atoms with E-state index in [4.69, 9.17) is 10.5 Å². The molecule has 0 atom stereocenters. The minimum Gasteiger partial charge on any atom is -0.495 e. The van der Waals surface area contributed by atoms with Crippen LogP contribution in [0.2, 0.25) is 0 Å². The molecule has 0 saturated carbocycles. The maximum absolute atomic E-state index is 12.2. The predicted octanol–water partition coefficient (Wildman–Crippen LogP) is 4.44. The lowest BCUT2D eigenvalue weighted by atomic mass is 9.90. The number of nitrogens with two attached hydrogens (primary N) is 1. The smallest absolute Gasteiger partial charge is 0.250 e. The number of methoxy groups -OCH3 is 1. The molecule has 0 unspecified atom stereocenters. The number of nitrogens with zero attached hydrogens (tertiary/aromatic N) is 1. The van der Waals surface area contributed by atoms with Crippen molar-refractivity contribution in [2.24, 2.45) is 5.73 Å². The number of H-pyrrole nitrogens is 1. The number of fused-ring (bicyclic) bond motifs is 1. The molecule has 7 nitrogen and oxygen atoms in total. The zero-order valence-corrected chi connectivity index (χ0v) is 17.3. The number of benzene rings is 2. The highest BCUT2D eigenvalue weighted by Gasteiger charge is 2.27. The molecule has 156 valence electrons. The number of amides is 1. The maximum Gasteiger partial charge on any atom is 0.250 e. The second-order valence-electron chi connectivity index (χ2n) is 7.57. The molecule has 2 aromatic carbocycles. The monoisotopic (exact) mass is 425 g/mol. The van der Waals surface area contributed by atoms with E-state index in [0.29, 0.717) is 46.7 Å². The summed E-state index contributed by atoms with van der Waals surface area (Å²) in [6.07, 6.45) is 3.23. The van der Waals surface area contributed by atoms with E-state index in [9.17, 15) is 19.2 Å². The molecule has 0 aliphatic carbocycles. The van der Waals surface area contributed by atoms with Gasteiger partial charge in [-0.25, -0.2) is 0 Å². The average molecular weight is 426 g/mol. The number of nitriles is 1. The highest BCUT2D eigenvalue weighted by molar-refractivity contribution is 8.24. The van der Waals surface area contributed by atoms with Crippen LogP contribution in [0.15, 0.2) is 36.5 Å². The van der Waals surface area contributed by atoms with Gasteiger partial charge in [0, 0.05) is 23.1 Å². The minimum absolute atomic E-state index is 0.167. The standard InChI is InChI=1S/C22H23N3O4S/c1-29-20-3-2-14(8-16(20)11-23)15-9-17-19(13-4-6-30(27,28)7-5-13)12-25-21(17)18(10-15)22(24)26/h2-3,8-10,12-13,25,27-28H,4-7H2,1H3,(H2,24,26). The number of hydrogen-bond donors (Lipinski definition) is 4. The van der Waals surface area contributed by atoms with Crippen LogP contribution in [-0.2, 0) is 0 Å². The Morgan fingerprint density at radius 3 is 2.60 bits per heavy atom. The molecule has 0 radical (unpaired) electrons. The van der Waals surface area contributed by atoms with E-state index in [1.807, 2.05) is 18.3 Å². The van der Waals surface area contributed by atoms with Gasteiger partial charge in [-0.15, -0.1) is 0 Å². The lowest BCUT2D eigenvalue weighted by Crippen LogP contribution is -2.19. The van der Waals surface area contributed by atoms with Gasteiger partial charge in [0.2, 0.25) is 0 Å². The van der Waals surface area contributed by atoms with Crippen molar-refractivity contribution in [2.75, 3.05) is 18.6 Å². The third-order valence-corrected chi connectivity index (χ3v) is 7.55. The molecule has 1 aliphatic rings. The predicted molar refractivity (Wildman–Crippen MR) is 118 cm³/mol. The largest absolute Gasteiger partial charge is 0.495 e. The van der Waals surface area contributed by atoms with Crippen molar-refractivity contribution in [3.8, 4) is 22.9 Å². The van der Waals surface area contributed by atoms with E-state index in [1.165, 1.54) is 7.11 Å². The van der Waals surface area contributed by atoms with E-state index in [-0.39, 0.29) is 5.92 Å². The molecular formula is C22H23N3O4S. The molecule has 1 aliphatic heterocycles. The second-order valence-corrected chi connectivity index (χ2v) is 9.99. The highest BCUT2D eigenvalue weighted by atomic mass is 32.3. The second kappa shape index (κ2) is 7.69. The van der Waals surface area contributed by atoms with E-state index in [1.54, 1.807) is 18.2 Å². The molecule has 30 heavy (non-hydrogen) atoms. The molecule has 1 fully saturated rings. The van der Waals surface area contributed by atoms with Crippen LogP contribution in [-0.4, -0.2) is 38.6 Å². The Bertz CT molecular complexity index is 1170. The van der Waals surface area contributed by atoms with Gasteiger partial charge in [-0.3, -0.25) is 13.9 Å². The van der Waals surface area contributed by atoms with E-state index >= 15 is 0 Å². The van der Waals surface area contributed by atoms with Crippen LogP contribution in [0.4, 0.5) is 0 Å². The summed E-state index contributed by atoms with van der Waals surface area (Å²) in [7, 11) is -0.961. The van der Waals surface area contributed by atoms with Gasteiger partial charge < -0.3 is 15.5 Å². The first-order chi connectivity index (χ1) is 14.3. The normalized spacial score (nSPS) is 17.4. The third-order valence-electron chi connectivity index (χ3n) is 5.77. The summed E-state index contributed by atoms with van der Waals surface area (Å²) in [6, 6.07) is 11.1. The van der Waals surface area contributed by atoms with Crippen molar-refractivity contribution in [1.82, 2.24) is 4.98 Å². The number of aromatic amines is 1. The van der Waals surface area contributed by atoms with Crippen LogP contribution < -0.4 is 10.5 Å². The van der Waals surface area contributed by atoms with Gasteiger partial charge in [-0.2, -0.15) is 15.9 Å². The Balaban J connectivity index is 1.84. The third kappa shape index (κ3) is 3.63. The van der Waals surface area contributed by atoms with Gasteiger partial charge >= 0.3 is 0 Å². The van der Waals surface area contributed by atoms with Gasteiger partial charge in [-0.1, -0.05) is 6.07 Å². The van der Waals surface area contributed by atoms with Crippen molar-refractivity contribution in [3.63, 3.8) is 0 Å². The van der Waals surface area contributed by atoms with Gasteiger partial charge in [0.25, 0.3) is 5.91 Å². The Morgan fingerprint density at radius 1 is 1.23 bits per heavy atom. The van der Waals surface area contributed by atoms with E-state index < -0.39 is 16.5 Å². The molecule has 1 aromatic heterocycles. The fraction of sp³-hybridized carbons (Fsp3) is 0.273. The van der Waals surface area contributed by atoms with Crippen molar-refractivity contribution in [3.05, 3.63) is 53.2 Å². The molecule has 0 spiro atoms. The van der Waals surface area contributed by atoms with E-state index in [2.05, 4.69) is 11.1 Å². The summed E-state index contributed by atoms with van der Waals surface area (Å²) >= 11 is 0. The summed E-state index contributed by atoms with van der Waals surface area (Å²) in [6.45, 7) is 0. The quantitative estimate of drug-likeness (QED) is 0.490. The number of nitrogens with one attached hydrogen (secondary N) is 1. The van der Waals surface area contributed by atoms with Crippen LogP contribution >= 0.6 is 10.6 Å². The fourth-order valence-electron chi connectivity index (χ4n) is 4.15. The molecule has 0 bridgehead atoms. The Hall–Kier alpha value is -2.99. The van der Waals surface area contributed by atoms with Crippen LogP contribution in [0.3, 0.4) is 0 Å². The Labute approximate surface area is 175 Å². The Kier molecular flexibility index (Phi) is 5.20. The van der Waals surface area contributed by atoms with Gasteiger partial charge in [0.05, 0.1) is 23.8 Å². The molecule has 8 heteroatoms. The summed E-state index contributed by atoms with van der Waals surface area (Å²) in [5.74, 6) is 0.885. The lowest BCUT2D eigenvalue weighted by Gasteiger charge is -2.39. The number of hydrogen-bond acceptors (Lipinski definition) is 5. The number of ether oxygens (including phenoxy) is 1. The first-order valence-electron chi connectivity index (χ1n) is 9.60. The number of carbonyl (C=O) groups is 1. The van der Waals surface area contributed by atoms with Crippen LogP contribution in [0.25, 0.3) is 22.0 Å². The van der Waals surface area contributed by atoms with Gasteiger partial charge in [-0.05, 0) is 59.7 Å². The summed E-state index contributed by atoms with van der Waals surface area (Å²) in [4.78, 5) is 15.3. The first-order valence-corrected chi connectivity index (χ1v) is 11.5. The first kappa shape index (κ1) is 20.3. The molecule has 4 rings (SSSR count). The van der Waals surface area contributed by atoms with Gasteiger partial charge in [0.15, 0.2) is 0 Å². The zero-order chi connectivity index (χ0) is 21.5. The van der Waals surface area contributed by atoms with Crippen molar-refractivity contribution in [2.45, 2.75) is 18.8 Å². The van der Waals surface area contributed by atoms with Crippen molar-refractivity contribution >= 4 is 27.4 Å². The highest BCUT2D eigenvalue weighted by Crippen LogP contribution is 2.49. The van der Waals surface area contributed by atoms with Gasteiger partial charge in [0.1, 0.15) is 11.8 Å². The lowest BCUT2D eigenvalue weighted by molar-refractivity contribution is 0.100. The Morgan fingerprint density at radius 2 is 1.97 bits per heavy atom. The maximum atomic E-state index is 12.2. The summed E-state index contributed by atoms with van der Waals surface area (Å²) < 4.78 is 25.1. The summed E-state index contributed by atoms with van der Waals surface area (Å²) in [5.41, 5.74) is 9.71. The SMILES string of the molecule is COc1ccc(-c2cc(C(N)=O)c3[nH]cc(C4CCS(O)(O)CC4)c3c2)cc1C#N. The van der Waals surface area contributed by atoms with Crippen LogP contribution in [0.5, 0.6) is 5.75 Å². The average Bonchev–Trinajstić information content (AvgIpc) is 3.16. The molecular weight excluding hydrogens is 402 g/mol. The van der Waals surface area contributed by atoms with Crippen molar-refractivity contribution in [1.29, 1.82) is 5.26 Å².